The molecule has 1 aliphatic heterocycles. The highest BCUT2D eigenvalue weighted by molar-refractivity contribution is 5.48. The normalized spacial score (nSPS) is 28.8. The van der Waals surface area contributed by atoms with Crippen LogP contribution >= 0.6 is 0 Å². The second-order valence-corrected chi connectivity index (χ2v) is 9.16. The van der Waals surface area contributed by atoms with Gasteiger partial charge in [0.1, 0.15) is 0 Å². The second kappa shape index (κ2) is 8.83. The molecule has 162 valence electrons. The van der Waals surface area contributed by atoms with Crippen molar-refractivity contribution < 1.29 is 5.11 Å². The van der Waals surface area contributed by atoms with Crippen LogP contribution in [0.15, 0.2) is 61.2 Å². The fourth-order valence-corrected chi connectivity index (χ4v) is 4.81. The largest absolute Gasteiger partial charge is 0.389 e. The van der Waals surface area contributed by atoms with Crippen LogP contribution in [0.5, 0.6) is 0 Å². The van der Waals surface area contributed by atoms with Crippen molar-refractivity contribution in [2.75, 3.05) is 38.0 Å². The van der Waals surface area contributed by atoms with E-state index >= 15 is 0 Å². The molecular weight excluding hydrogens is 370 g/mol. The lowest BCUT2D eigenvalue weighted by Gasteiger charge is -2.52. The Morgan fingerprint density at radius 1 is 0.833 bits per heavy atom. The van der Waals surface area contributed by atoms with E-state index < -0.39 is 5.60 Å². The molecule has 4 nitrogen and oxygen atoms in total. The molecule has 1 heterocycles. The Labute approximate surface area is 182 Å². The summed E-state index contributed by atoms with van der Waals surface area (Å²) in [5.41, 5.74) is 3.93. The predicted molar refractivity (Wildman–Crippen MR) is 128 cm³/mol. The number of rotatable bonds is 6. The van der Waals surface area contributed by atoms with Crippen molar-refractivity contribution in [2.45, 2.75) is 38.0 Å². The molecule has 0 aromatic heterocycles. The molecule has 4 heteroatoms. The standard InChI is InChI=1S/C26H37N3O/c1-8-17-26(30)18(2)24(20-9-13-22(14-10-20)28(4)5)27-25(19(26)3)21-11-15-23(16-12-21)29(6)7/h8-16,18-19,24-25,27,30H,1,17H2,2-7H3/t18-,19+,24-,25+,26?. The number of hydrogen-bond acceptors (Lipinski definition) is 4. The van der Waals surface area contributed by atoms with Crippen LogP contribution < -0.4 is 15.1 Å². The van der Waals surface area contributed by atoms with E-state index in [0.29, 0.717) is 6.42 Å². The molecule has 1 unspecified atom stereocenters. The summed E-state index contributed by atoms with van der Waals surface area (Å²) in [6, 6.07) is 17.4. The minimum atomic E-state index is -0.831. The minimum absolute atomic E-state index is 0.0491. The first-order chi connectivity index (χ1) is 14.2. The average molecular weight is 408 g/mol. The van der Waals surface area contributed by atoms with Crippen molar-refractivity contribution in [3.63, 3.8) is 0 Å². The number of hydrogen-bond donors (Lipinski definition) is 2. The summed E-state index contributed by atoms with van der Waals surface area (Å²) in [7, 11) is 8.20. The maximum atomic E-state index is 11.8. The Morgan fingerprint density at radius 3 is 1.50 bits per heavy atom. The minimum Gasteiger partial charge on any atom is -0.389 e. The molecule has 2 N–H and O–H groups in total. The van der Waals surface area contributed by atoms with Crippen LogP contribution in [0.1, 0.15) is 43.5 Å². The SMILES string of the molecule is C=CCC1(O)[C@H](C)[C@H](c2ccc(N(C)C)cc2)N[C@H](c2ccc(N(C)C)cc2)[C@@H]1C. The Morgan fingerprint density at radius 2 is 1.20 bits per heavy atom. The van der Waals surface area contributed by atoms with Gasteiger partial charge in [0.05, 0.1) is 5.60 Å². The number of anilines is 2. The van der Waals surface area contributed by atoms with E-state index in [4.69, 9.17) is 0 Å². The molecule has 30 heavy (non-hydrogen) atoms. The fraction of sp³-hybridized carbons (Fsp3) is 0.462. The highest BCUT2D eigenvalue weighted by Crippen LogP contribution is 2.48. The van der Waals surface area contributed by atoms with Gasteiger partial charge in [0.2, 0.25) is 0 Å². The molecule has 0 aliphatic carbocycles. The van der Waals surface area contributed by atoms with Gasteiger partial charge in [-0.05, 0) is 41.8 Å². The summed E-state index contributed by atoms with van der Waals surface area (Å²) in [5, 5.41) is 15.7. The number of nitrogens with one attached hydrogen (secondary N) is 1. The molecule has 0 radical (unpaired) electrons. The van der Waals surface area contributed by atoms with Crippen molar-refractivity contribution in [2.24, 2.45) is 11.8 Å². The van der Waals surface area contributed by atoms with Gasteiger partial charge in [-0.2, -0.15) is 0 Å². The third kappa shape index (κ3) is 4.12. The Bertz CT molecular complexity index is 778. The molecular formula is C26H37N3O. The Kier molecular flexibility index (Phi) is 6.59. The lowest BCUT2D eigenvalue weighted by Crippen LogP contribution is -2.57. The molecule has 0 bridgehead atoms. The van der Waals surface area contributed by atoms with E-state index in [-0.39, 0.29) is 23.9 Å². The van der Waals surface area contributed by atoms with Crippen LogP contribution in [0.25, 0.3) is 0 Å². The molecule has 3 rings (SSSR count). The van der Waals surface area contributed by atoms with E-state index in [2.05, 4.69) is 112 Å². The van der Waals surface area contributed by atoms with Gasteiger partial charge in [0.25, 0.3) is 0 Å². The predicted octanol–water partition coefficient (Wildman–Crippen LogP) is 4.78. The molecule has 1 saturated heterocycles. The van der Waals surface area contributed by atoms with Crippen molar-refractivity contribution in [3.05, 3.63) is 72.3 Å². The lowest BCUT2D eigenvalue weighted by molar-refractivity contribution is -0.108. The van der Waals surface area contributed by atoms with Crippen LogP contribution in [0.2, 0.25) is 0 Å². The average Bonchev–Trinajstić information content (AvgIpc) is 2.73. The molecule has 0 amide bonds. The van der Waals surface area contributed by atoms with Crippen LogP contribution in [0.3, 0.4) is 0 Å². The molecule has 0 saturated carbocycles. The van der Waals surface area contributed by atoms with Gasteiger partial charge in [-0.15, -0.1) is 6.58 Å². The van der Waals surface area contributed by atoms with E-state index in [1.165, 1.54) is 22.5 Å². The number of nitrogens with zero attached hydrogens (tertiary/aromatic N) is 2. The van der Waals surface area contributed by atoms with Crippen LogP contribution in [-0.2, 0) is 0 Å². The van der Waals surface area contributed by atoms with Gasteiger partial charge in [-0.3, -0.25) is 0 Å². The van der Waals surface area contributed by atoms with Crippen molar-refractivity contribution in [1.29, 1.82) is 0 Å². The number of benzene rings is 2. The topological polar surface area (TPSA) is 38.7 Å². The van der Waals surface area contributed by atoms with Crippen molar-refractivity contribution in [1.82, 2.24) is 5.32 Å². The molecule has 2 aromatic carbocycles. The molecule has 5 atom stereocenters. The summed E-state index contributed by atoms with van der Waals surface area (Å²) in [5.74, 6) is 0.0982. The van der Waals surface area contributed by atoms with Gasteiger partial charge in [0.15, 0.2) is 0 Å². The van der Waals surface area contributed by atoms with Gasteiger partial charge in [-0.1, -0.05) is 44.2 Å². The van der Waals surface area contributed by atoms with E-state index in [0.717, 1.165) is 0 Å². The maximum Gasteiger partial charge on any atom is 0.0768 e. The Balaban J connectivity index is 1.99. The van der Waals surface area contributed by atoms with Crippen LogP contribution in [0.4, 0.5) is 11.4 Å². The Hall–Kier alpha value is -2.30. The number of aliphatic hydroxyl groups is 1. The molecule has 2 aromatic rings. The molecule has 1 aliphatic rings. The van der Waals surface area contributed by atoms with Crippen molar-refractivity contribution in [3.8, 4) is 0 Å². The number of piperidine rings is 1. The maximum absolute atomic E-state index is 11.8. The third-order valence-electron chi connectivity index (χ3n) is 6.94. The molecule has 1 fully saturated rings. The zero-order valence-corrected chi connectivity index (χ0v) is 19.3. The van der Waals surface area contributed by atoms with Gasteiger partial charge < -0.3 is 20.2 Å². The smallest absolute Gasteiger partial charge is 0.0768 e. The highest BCUT2D eigenvalue weighted by Gasteiger charge is 2.50. The zero-order chi connectivity index (χ0) is 22.1. The second-order valence-electron chi connectivity index (χ2n) is 9.16. The van der Waals surface area contributed by atoms with Crippen molar-refractivity contribution >= 4 is 11.4 Å². The van der Waals surface area contributed by atoms with E-state index in [1.807, 2.05) is 6.08 Å². The lowest BCUT2D eigenvalue weighted by atomic mass is 9.64. The third-order valence-corrected chi connectivity index (χ3v) is 6.94. The first kappa shape index (κ1) is 22.4. The first-order valence-electron chi connectivity index (χ1n) is 10.8. The fourth-order valence-electron chi connectivity index (χ4n) is 4.81. The summed E-state index contributed by atoms with van der Waals surface area (Å²) in [4.78, 5) is 4.21. The van der Waals surface area contributed by atoms with Gasteiger partial charge in [-0.25, -0.2) is 0 Å². The van der Waals surface area contributed by atoms with E-state index in [9.17, 15) is 5.11 Å². The van der Waals surface area contributed by atoms with E-state index in [1.54, 1.807) is 0 Å². The monoisotopic (exact) mass is 407 g/mol. The van der Waals surface area contributed by atoms with Gasteiger partial charge >= 0.3 is 0 Å². The summed E-state index contributed by atoms with van der Waals surface area (Å²) in [6.45, 7) is 8.25. The first-order valence-corrected chi connectivity index (χ1v) is 10.8. The van der Waals surface area contributed by atoms with Crippen LogP contribution in [0, 0.1) is 11.8 Å². The summed E-state index contributed by atoms with van der Waals surface area (Å²) < 4.78 is 0. The zero-order valence-electron chi connectivity index (χ0n) is 19.3. The van der Waals surface area contributed by atoms with Crippen LogP contribution in [-0.4, -0.2) is 38.9 Å². The molecule has 0 spiro atoms. The van der Waals surface area contributed by atoms with Gasteiger partial charge in [0, 0.05) is 63.5 Å². The summed E-state index contributed by atoms with van der Waals surface area (Å²) in [6.07, 6.45) is 2.44. The summed E-state index contributed by atoms with van der Waals surface area (Å²) >= 11 is 0. The highest BCUT2D eigenvalue weighted by atomic mass is 16.3. The quantitative estimate of drug-likeness (QED) is 0.676.